The van der Waals surface area contributed by atoms with Crippen molar-refractivity contribution in [1.29, 1.82) is 0 Å². The van der Waals surface area contributed by atoms with Crippen molar-refractivity contribution >= 4 is 11.7 Å². The van der Waals surface area contributed by atoms with Gasteiger partial charge in [0.05, 0.1) is 6.54 Å². The molecular formula is C22H28N4O. The Balaban J connectivity index is 1.25. The molecule has 142 valence electrons. The van der Waals surface area contributed by atoms with Gasteiger partial charge in [-0.15, -0.1) is 0 Å². The van der Waals surface area contributed by atoms with Crippen LogP contribution in [0.5, 0.6) is 0 Å². The number of carbonyl (C=O) groups excluding carboxylic acids is 1. The summed E-state index contributed by atoms with van der Waals surface area (Å²) in [5, 5.41) is 3.21. The van der Waals surface area contributed by atoms with Crippen molar-refractivity contribution in [3.8, 4) is 0 Å². The van der Waals surface area contributed by atoms with E-state index in [4.69, 9.17) is 0 Å². The predicted octanol–water partition coefficient (Wildman–Crippen LogP) is 2.44. The molecule has 2 aliphatic rings. The van der Waals surface area contributed by atoms with E-state index in [1.165, 1.54) is 24.8 Å². The summed E-state index contributed by atoms with van der Waals surface area (Å²) < 4.78 is 0. The quantitative estimate of drug-likeness (QED) is 0.855. The van der Waals surface area contributed by atoms with E-state index in [0.717, 1.165) is 38.5 Å². The fraction of sp³-hybridized carbons (Fsp3) is 0.455. The molecule has 0 spiro atoms. The first kappa shape index (κ1) is 18.0. The molecule has 2 heterocycles. The second-order valence-corrected chi connectivity index (χ2v) is 7.73. The van der Waals surface area contributed by atoms with Crippen LogP contribution in [0.2, 0.25) is 0 Å². The molecule has 0 radical (unpaired) electrons. The standard InChI is InChI=1S/C22H28N4O/c27-21(24-18-22(10-6-11-22)19-7-2-1-3-8-19)17-25-13-15-26(16-14-25)20-9-4-5-12-23-20/h1-5,7-9,12H,6,10-11,13-18H2,(H,24,27). The number of hydrogen-bond donors (Lipinski definition) is 1. The second kappa shape index (κ2) is 8.09. The SMILES string of the molecule is O=C(CN1CCN(c2ccccn2)CC1)NCC1(c2ccccc2)CCC1. The Kier molecular flexibility index (Phi) is 5.39. The molecule has 1 amide bonds. The van der Waals surface area contributed by atoms with E-state index < -0.39 is 0 Å². The van der Waals surface area contributed by atoms with Crippen molar-refractivity contribution in [2.24, 2.45) is 0 Å². The molecule has 5 heteroatoms. The first-order valence-corrected chi connectivity index (χ1v) is 9.96. The van der Waals surface area contributed by atoms with Gasteiger partial charge >= 0.3 is 0 Å². The zero-order valence-electron chi connectivity index (χ0n) is 15.8. The van der Waals surface area contributed by atoms with Crippen LogP contribution in [-0.4, -0.2) is 55.1 Å². The fourth-order valence-electron chi connectivity index (χ4n) is 4.17. The Morgan fingerprint density at radius 3 is 2.37 bits per heavy atom. The number of carbonyl (C=O) groups is 1. The van der Waals surface area contributed by atoms with E-state index in [9.17, 15) is 4.79 Å². The number of aromatic nitrogens is 1. The van der Waals surface area contributed by atoms with Crippen molar-refractivity contribution in [3.05, 3.63) is 60.3 Å². The number of benzene rings is 1. The van der Waals surface area contributed by atoms with Gasteiger partial charge in [-0.25, -0.2) is 4.98 Å². The summed E-state index contributed by atoms with van der Waals surface area (Å²) >= 11 is 0. The highest BCUT2D eigenvalue weighted by atomic mass is 16.2. The normalized spacial score (nSPS) is 19.3. The molecule has 0 bridgehead atoms. The molecule has 1 aliphatic carbocycles. The topological polar surface area (TPSA) is 48.5 Å². The van der Waals surface area contributed by atoms with Crippen molar-refractivity contribution in [2.45, 2.75) is 24.7 Å². The van der Waals surface area contributed by atoms with E-state index in [-0.39, 0.29) is 11.3 Å². The summed E-state index contributed by atoms with van der Waals surface area (Å²) in [6.07, 6.45) is 5.42. The van der Waals surface area contributed by atoms with Gasteiger partial charge in [-0.1, -0.05) is 42.8 Å². The first-order chi connectivity index (χ1) is 13.3. The number of rotatable bonds is 6. The van der Waals surface area contributed by atoms with Gasteiger partial charge in [0.2, 0.25) is 5.91 Å². The van der Waals surface area contributed by atoms with Crippen LogP contribution in [0.25, 0.3) is 0 Å². The van der Waals surface area contributed by atoms with E-state index in [1.54, 1.807) is 0 Å². The third kappa shape index (κ3) is 4.14. The summed E-state index contributed by atoms with van der Waals surface area (Å²) in [6.45, 7) is 4.86. The largest absolute Gasteiger partial charge is 0.354 e. The maximum atomic E-state index is 12.5. The number of nitrogens with zero attached hydrogens (tertiary/aromatic N) is 3. The van der Waals surface area contributed by atoms with E-state index >= 15 is 0 Å². The highest BCUT2D eigenvalue weighted by Crippen LogP contribution is 2.43. The lowest BCUT2D eigenvalue weighted by Crippen LogP contribution is -2.51. The van der Waals surface area contributed by atoms with E-state index in [1.807, 2.05) is 24.4 Å². The molecule has 1 N–H and O–H groups in total. The summed E-state index contributed by atoms with van der Waals surface area (Å²) in [6, 6.07) is 16.6. The Hall–Kier alpha value is -2.40. The van der Waals surface area contributed by atoms with Crippen molar-refractivity contribution in [1.82, 2.24) is 15.2 Å². The van der Waals surface area contributed by atoms with Crippen LogP contribution in [0.4, 0.5) is 5.82 Å². The Bertz CT molecular complexity index is 737. The maximum Gasteiger partial charge on any atom is 0.234 e. The molecular weight excluding hydrogens is 336 g/mol. The Morgan fingerprint density at radius 2 is 1.74 bits per heavy atom. The zero-order valence-corrected chi connectivity index (χ0v) is 15.8. The number of amides is 1. The predicted molar refractivity (Wildman–Crippen MR) is 108 cm³/mol. The lowest BCUT2D eigenvalue weighted by atomic mass is 9.64. The molecule has 0 atom stereocenters. The fourth-order valence-corrected chi connectivity index (χ4v) is 4.17. The first-order valence-electron chi connectivity index (χ1n) is 9.96. The molecule has 2 fully saturated rings. The molecule has 5 nitrogen and oxygen atoms in total. The molecule has 4 rings (SSSR count). The van der Waals surface area contributed by atoms with E-state index in [2.05, 4.69) is 50.4 Å². The van der Waals surface area contributed by atoms with Gasteiger partial charge in [0.15, 0.2) is 0 Å². The van der Waals surface area contributed by atoms with Gasteiger partial charge in [0, 0.05) is 44.3 Å². The third-order valence-electron chi connectivity index (χ3n) is 6.03. The van der Waals surface area contributed by atoms with Crippen LogP contribution >= 0.6 is 0 Å². The average molecular weight is 364 g/mol. The summed E-state index contributed by atoms with van der Waals surface area (Å²) in [5.41, 5.74) is 1.51. The highest BCUT2D eigenvalue weighted by molar-refractivity contribution is 5.78. The van der Waals surface area contributed by atoms with Crippen LogP contribution in [0.15, 0.2) is 54.7 Å². The minimum absolute atomic E-state index is 0.142. The number of hydrogen-bond acceptors (Lipinski definition) is 4. The van der Waals surface area contributed by atoms with Crippen LogP contribution < -0.4 is 10.2 Å². The molecule has 27 heavy (non-hydrogen) atoms. The lowest BCUT2D eigenvalue weighted by molar-refractivity contribution is -0.122. The summed E-state index contributed by atoms with van der Waals surface area (Å²) in [7, 11) is 0. The van der Waals surface area contributed by atoms with Crippen LogP contribution in [0.1, 0.15) is 24.8 Å². The second-order valence-electron chi connectivity index (χ2n) is 7.73. The molecule has 1 aromatic heterocycles. The third-order valence-corrected chi connectivity index (χ3v) is 6.03. The minimum atomic E-state index is 0.142. The minimum Gasteiger partial charge on any atom is -0.354 e. The van der Waals surface area contributed by atoms with E-state index in [0.29, 0.717) is 6.54 Å². The van der Waals surface area contributed by atoms with Gasteiger partial charge in [-0.05, 0) is 30.5 Å². The number of anilines is 1. The number of pyridine rings is 1. The lowest BCUT2D eigenvalue weighted by Gasteiger charge is -2.43. The van der Waals surface area contributed by atoms with Crippen LogP contribution in [0, 0.1) is 0 Å². The van der Waals surface area contributed by atoms with Crippen LogP contribution in [-0.2, 0) is 10.2 Å². The Morgan fingerprint density at radius 1 is 1.00 bits per heavy atom. The average Bonchev–Trinajstić information content (AvgIpc) is 2.69. The maximum absolute atomic E-state index is 12.5. The smallest absolute Gasteiger partial charge is 0.234 e. The molecule has 1 saturated carbocycles. The number of nitrogens with one attached hydrogen (secondary N) is 1. The zero-order chi connectivity index (χ0) is 18.5. The molecule has 1 saturated heterocycles. The highest BCUT2D eigenvalue weighted by Gasteiger charge is 2.38. The molecule has 2 aromatic rings. The molecule has 1 aliphatic heterocycles. The van der Waals surface area contributed by atoms with Gasteiger partial charge in [-0.2, -0.15) is 0 Å². The van der Waals surface area contributed by atoms with Crippen LogP contribution in [0.3, 0.4) is 0 Å². The van der Waals surface area contributed by atoms with Gasteiger partial charge in [0.25, 0.3) is 0 Å². The van der Waals surface area contributed by atoms with Crippen molar-refractivity contribution in [2.75, 3.05) is 44.2 Å². The monoisotopic (exact) mass is 364 g/mol. The van der Waals surface area contributed by atoms with Gasteiger partial charge in [-0.3, -0.25) is 9.69 Å². The summed E-state index contributed by atoms with van der Waals surface area (Å²) in [5.74, 6) is 1.17. The van der Waals surface area contributed by atoms with Gasteiger partial charge in [0.1, 0.15) is 5.82 Å². The Labute approximate surface area is 161 Å². The molecule has 0 unspecified atom stereocenters. The number of piperazine rings is 1. The molecule has 1 aromatic carbocycles. The van der Waals surface area contributed by atoms with Gasteiger partial charge < -0.3 is 10.2 Å². The van der Waals surface area contributed by atoms with Crippen molar-refractivity contribution in [3.63, 3.8) is 0 Å². The van der Waals surface area contributed by atoms with Crippen molar-refractivity contribution < 1.29 is 4.79 Å². The summed E-state index contributed by atoms with van der Waals surface area (Å²) in [4.78, 5) is 21.4.